The lowest BCUT2D eigenvalue weighted by Crippen LogP contribution is -2.11. The molecule has 1 fully saturated rings. The van der Waals surface area contributed by atoms with Crippen LogP contribution in [0.1, 0.15) is 31.2 Å². The highest BCUT2D eigenvalue weighted by molar-refractivity contribution is 5.82. The molecule has 0 spiro atoms. The van der Waals surface area contributed by atoms with E-state index in [2.05, 4.69) is 0 Å². The fourth-order valence-electron chi connectivity index (χ4n) is 2.46. The number of halogens is 1. The van der Waals surface area contributed by atoms with Crippen LogP contribution in [0.5, 0.6) is 5.75 Å². The minimum absolute atomic E-state index is 0.00135. The van der Waals surface area contributed by atoms with Crippen LogP contribution in [-0.2, 0) is 4.79 Å². The predicted octanol–water partition coefficient (Wildman–Crippen LogP) is 3.18. The molecule has 108 valence electrons. The van der Waals surface area contributed by atoms with Crippen LogP contribution in [-0.4, -0.2) is 17.3 Å². The summed E-state index contributed by atoms with van der Waals surface area (Å²) >= 11 is 0. The quantitative estimate of drug-likeness (QED) is 0.614. The zero-order chi connectivity index (χ0) is 14.7. The van der Waals surface area contributed by atoms with Gasteiger partial charge in [0.25, 0.3) is 5.69 Å². The molecule has 0 heterocycles. The number of aryl methyl sites for hydroxylation is 1. The average Bonchev–Trinajstić information content (AvgIpc) is 2.78. The van der Waals surface area contributed by atoms with Gasteiger partial charge in [-0.3, -0.25) is 14.9 Å². The van der Waals surface area contributed by atoms with Gasteiger partial charge in [-0.05, 0) is 32.3 Å². The Labute approximate surface area is 115 Å². The predicted molar refractivity (Wildman–Crippen MR) is 70.3 cm³/mol. The average molecular weight is 281 g/mol. The largest absolute Gasteiger partial charge is 0.490 e. The first-order valence-corrected chi connectivity index (χ1v) is 6.59. The highest BCUT2D eigenvalue weighted by Gasteiger charge is 2.24. The van der Waals surface area contributed by atoms with E-state index in [0.29, 0.717) is 18.4 Å². The van der Waals surface area contributed by atoms with Gasteiger partial charge in [-0.15, -0.1) is 0 Å². The number of ether oxygens (including phenoxy) is 1. The van der Waals surface area contributed by atoms with E-state index >= 15 is 0 Å². The summed E-state index contributed by atoms with van der Waals surface area (Å²) in [5, 5.41) is 10.7. The van der Waals surface area contributed by atoms with Crippen molar-refractivity contribution in [2.24, 2.45) is 5.92 Å². The first-order chi connectivity index (χ1) is 9.49. The number of nitro groups is 1. The summed E-state index contributed by atoms with van der Waals surface area (Å²) in [5.74, 6) is -0.496. The number of carbonyl (C=O) groups is 1. The summed E-state index contributed by atoms with van der Waals surface area (Å²) < 4.78 is 19.0. The van der Waals surface area contributed by atoms with Crippen LogP contribution >= 0.6 is 0 Å². The van der Waals surface area contributed by atoms with Crippen LogP contribution in [0.2, 0.25) is 0 Å². The molecule has 2 rings (SSSR count). The second-order valence-corrected chi connectivity index (χ2v) is 5.02. The van der Waals surface area contributed by atoms with Crippen molar-refractivity contribution in [2.75, 3.05) is 6.61 Å². The Hall–Kier alpha value is -1.98. The highest BCUT2D eigenvalue weighted by atomic mass is 19.1. The lowest BCUT2D eigenvalue weighted by atomic mass is 10.0. The second kappa shape index (κ2) is 5.98. The molecular weight excluding hydrogens is 265 g/mol. The standard InChI is InChI=1S/C14H16FNO4/c1-9-7-14(11(15)8-12(9)16(18)19)20-6-5-10-3-2-4-13(10)17/h7-8,10H,2-6H2,1H3. The van der Waals surface area contributed by atoms with Crippen LogP contribution < -0.4 is 4.74 Å². The van der Waals surface area contributed by atoms with E-state index in [1.165, 1.54) is 13.0 Å². The van der Waals surface area contributed by atoms with Crippen LogP contribution in [0.25, 0.3) is 0 Å². The molecule has 0 N–H and O–H groups in total. The number of hydrogen-bond acceptors (Lipinski definition) is 4. The maximum Gasteiger partial charge on any atom is 0.275 e. The molecule has 1 unspecified atom stereocenters. The Bertz CT molecular complexity index is 544. The third-order valence-corrected chi connectivity index (χ3v) is 3.60. The molecule has 1 aromatic carbocycles. The van der Waals surface area contributed by atoms with Gasteiger partial charge >= 0.3 is 0 Å². The van der Waals surface area contributed by atoms with Gasteiger partial charge in [-0.25, -0.2) is 4.39 Å². The van der Waals surface area contributed by atoms with Crippen molar-refractivity contribution in [3.05, 3.63) is 33.6 Å². The SMILES string of the molecule is Cc1cc(OCCC2CCCC2=O)c(F)cc1[N+](=O)[O-]. The van der Waals surface area contributed by atoms with Crippen LogP contribution in [0, 0.1) is 28.8 Å². The second-order valence-electron chi connectivity index (χ2n) is 5.02. The van der Waals surface area contributed by atoms with Gasteiger partial charge in [0.15, 0.2) is 11.6 Å². The molecule has 0 saturated heterocycles. The van der Waals surface area contributed by atoms with Crippen molar-refractivity contribution in [2.45, 2.75) is 32.6 Å². The zero-order valence-corrected chi connectivity index (χ0v) is 11.2. The molecule has 0 aliphatic heterocycles. The summed E-state index contributed by atoms with van der Waals surface area (Å²) in [7, 11) is 0. The van der Waals surface area contributed by atoms with Crippen molar-refractivity contribution < 1.29 is 18.8 Å². The number of ketones is 1. The fraction of sp³-hybridized carbons (Fsp3) is 0.500. The summed E-state index contributed by atoms with van der Waals surface area (Å²) in [5.41, 5.74) is 0.0872. The van der Waals surface area contributed by atoms with Gasteiger partial charge in [-0.1, -0.05) is 0 Å². The number of hydrogen-bond donors (Lipinski definition) is 0. The third kappa shape index (κ3) is 3.12. The minimum Gasteiger partial charge on any atom is -0.490 e. The molecular formula is C14H16FNO4. The number of nitrogens with zero attached hydrogens (tertiary/aromatic N) is 1. The summed E-state index contributed by atoms with van der Waals surface area (Å²) in [4.78, 5) is 21.5. The van der Waals surface area contributed by atoms with Crippen molar-refractivity contribution in [3.8, 4) is 5.75 Å². The molecule has 1 aliphatic rings. The lowest BCUT2D eigenvalue weighted by molar-refractivity contribution is -0.385. The summed E-state index contributed by atoms with van der Waals surface area (Å²) in [6, 6.07) is 2.19. The monoisotopic (exact) mass is 281 g/mol. The Kier molecular flexibility index (Phi) is 4.32. The summed E-state index contributed by atoms with van der Waals surface area (Å²) in [6.07, 6.45) is 2.96. The molecule has 1 aliphatic carbocycles. The van der Waals surface area contributed by atoms with Crippen molar-refractivity contribution >= 4 is 11.5 Å². The van der Waals surface area contributed by atoms with E-state index in [9.17, 15) is 19.3 Å². The Balaban J connectivity index is 1.97. The maximum absolute atomic E-state index is 13.7. The van der Waals surface area contributed by atoms with Crippen molar-refractivity contribution in [1.29, 1.82) is 0 Å². The molecule has 6 heteroatoms. The van der Waals surface area contributed by atoms with Gasteiger partial charge in [0, 0.05) is 17.9 Å². The molecule has 0 amide bonds. The molecule has 0 aromatic heterocycles. The van der Waals surface area contributed by atoms with Crippen LogP contribution in [0.4, 0.5) is 10.1 Å². The van der Waals surface area contributed by atoms with E-state index in [-0.39, 0.29) is 29.7 Å². The maximum atomic E-state index is 13.7. The fourth-order valence-corrected chi connectivity index (χ4v) is 2.46. The van der Waals surface area contributed by atoms with Crippen molar-refractivity contribution in [1.82, 2.24) is 0 Å². The van der Waals surface area contributed by atoms with Gasteiger partial charge in [0.1, 0.15) is 5.78 Å². The Morgan fingerprint density at radius 3 is 2.85 bits per heavy atom. The molecule has 0 radical (unpaired) electrons. The third-order valence-electron chi connectivity index (χ3n) is 3.60. The molecule has 1 saturated carbocycles. The number of benzene rings is 1. The van der Waals surface area contributed by atoms with E-state index in [1.807, 2.05) is 0 Å². The van der Waals surface area contributed by atoms with E-state index < -0.39 is 10.7 Å². The van der Waals surface area contributed by atoms with Crippen LogP contribution in [0.15, 0.2) is 12.1 Å². The van der Waals surface area contributed by atoms with Gasteiger partial charge in [-0.2, -0.15) is 0 Å². The minimum atomic E-state index is -0.750. The van der Waals surface area contributed by atoms with Gasteiger partial charge < -0.3 is 4.74 Å². The zero-order valence-electron chi connectivity index (χ0n) is 11.2. The molecule has 1 atom stereocenters. The topological polar surface area (TPSA) is 69.4 Å². The number of carbonyl (C=O) groups excluding carboxylic acids is 1. The number of rotatable bonds is 5. The molecule has 20 heavy (non-hydrogen) atoms. The van der Waals surface area contributed by atoms with Crippen molar-refractivity contribution in [3.63, 3.8) is 0 Å². The van der Waals surface area contributed by atoms with E-state index in [0.717, 1.165) is 18.9 Å². The normalized spacial score (nSPS) is 18.3. The number of nitro benzene ring substituents is 1. The molecule has 5 nitrogen and oxygen atoms in total. The lowest BCUT2D eigenvalue weighted by Gasteiger charge is -2.11. The molecule has 0 bridgehead atoms. The summed E-state index contributed by atoms with van der Waals surface area (Å²) in [6.45, 7) is 1.77. The van der Waals surface area contributed by atoms with Gasteiger partial charge in [0.05, 0.1) is 17.6 Å². The smallest absolute Gasteiger partial charge is 0.275 e. The first-order valence-electron chi connectivity index (χ1n) is 6.59. The highest BCUT2D eigenvalue weighted by Crippen LogP contribution is 2.28. The Morgan fingerprint density at radius 1 is 1.50 bits per heavy atom. The first kappa shape index (κ1) is 14.4. The van der Waals surface area contributed by atoms with E-state index in [4.69, 9.17) is 4.74 Å². The van der Waals surface area contributed by atoms with Crippen LogP contribution in [0.3, 0.4) is 0 Å². The van der Waals surface area contributed by atoms with Gasteiger partial charge in [0.2, 0.25) is 0 Å². The number of Topliss-reactive ketones (excluding diaryl/α,β-unsaturated/α-hetero) is 1. The molecule has 1 aromatic rings. The van der Waals surface area contributed by atoms with E-state index in [1.54, 1.807) is 0 Å². The Morgan fingerprint density at radius 2 is 2.25 bits per heavy atom.